The molecular formula is C11H20O. The topological polar surface area (TPSA) is 9.23 Å². The van der Waals surface area contributed by atoms with Crippen molar-refractivity contribution in [3.63, 3.8) is 0 Å². The second kappa shape index (κ2) is 2.47. The third-order valence-electron chi connectivity index (χ3n) is 3.13. The van der Waals surface area contributed by atoms with Gasteiger partial charge in [-0.1, -0.05) is 0 Å². The molecule has 0 aromatic rings. The molecule has 1 heteroatoms. The summed E-state index contributed by atoms with van der Waals surface area (Å²) in [5.41, 5.74) is 0.820. The molecule has 0 radical (unpaired) electrons. The van der Waals surface area contributed by atoms with Crippen LogP contribution in [0.25, 0.3) is 0 Å². The summed E-state index contributed by atoms with van der Waals surface area (Å²) >= 11 is 0. The number of hydrogen-bond donors (Lipinski definition) is 0. The minimum absolute atomic E-state index is 0.0606. The van der Waals surface area contributed by atoms with E-state index in [4.69, 9.17) is 4.74 Å². The Morgan fingerprint density at radius 1 is 1.17 bits per heavy atom. The van der Waals surface area contributed by atoms with Crippen molar-refractivity contribution in [2.24, 2.45) is 5.41 Å². The molecule has 0 aromatic heterocycles. The first kappa shape index (κ1) is 8.55. The van der Waals surface area contributed by atoms with Crippen molar-refractivity contribution in [1.29, 1.82) is 0 Å². The summed E-state index contributed by atoms with van der Waals surface area (Å²) in [6.45, 7) is 6.47. The fourth-order valence-electron chi connectivity index (χ4n) is 2.39. The van der Waals surface area contributed by atoms with E-state index in [2.05, 4.69) is 20.8 Å². The molecule has 0 bridgehead atoms. The molecule has 0 heterocycles. The van der Waals surface area contributed by atoms with Crippen LogP contribution in [0.2, 0.25) is 0 Å². The molecule has 1 unspecified atom stereocenters. The smallest absolute Gasteiger partial charge is 0.0602 e. The highest BCUT2D eigenvalue weighted by molar-refractivity contribution is 5.00. The molecule has 1 spiro atoms. The predicted octanol–water partition coefficient (Wildman–Crippen LogP) is 3.13. The third-order valence-corrected chi connectivity index (χ3v) is 3.13. The lowest BCUT2D eigenvalue weighted by Gasteiger charge is -2.24. The second-order valence-corrected chi connectivity index (χ2v) is 5.60. The first-order valence-electron chi connectivity index (χ1n) is 5.17. The molecule has 1 nitrogen and oxygen atoms in total. The van der Waals surface area contributed by atoms with Crippen LogP contribution in [0.4, 0.5) is 0 Å². The van der Waals surface area contributed by atoms with Gasteiger partial charge in [0.2, 0.25) is 0 Å². The Balaban J connectivity index is 1.84. The summed E-state index contributed by atoms with van der Waals surface area (Å²) < 4.78 is 5.97. The summed E-state index contributed by atoms with van der Waals surface area (Å²) in [5, 5.41) is 0. The van der Waals surface area contributed by atoms with Crippen LogP contribution < -0.4 is 0 Å². The van der Waals surface area contributed by atoms with Crippen molar-refractivity contribution >= 4 is 0 Å². The van der Waals surface area contributed by atoms with Gasteiger partial charge in [-0.2, -0.15) is 0 Å². The van der Waals surface area contributed by atoms with E-state index in [0.717, 1.165) is 5.41 Å². The Kier molecular flexibility index (Phi) is 1.76. The molecular weight excluding hydrogens is 148 g/mol. The fourth-order valence-corrected chi connectivity index (χ4v) is 2.39. The second-order valence-electron chi connectivity index (χ2n) is 5.60. The SMILES string of the molecule is CC(C)(C)OC1CCC2(CC2)C1. The van der Waals surface area contributed by atoms with Gasteiger partial charge >= 0.3 is 0 Å². The highest BCUT2D eigenvalue weighted by atomic mass is 16.5. The Morgan fingerprint density at radius 2 is 1.83 bits per heavy atom. The molecule has 0 aromatic carbocycles. The van der Waals surface area contributed by atoms with E-state index in [1.807, 2.05) is 0 Å². The van der Waals surface area contributed by atoms with Gasteiger partial charge in [0, 0.05) is 0 Å². The maximum atomic E-state index is 5.97. The van der Waals surface area contributed by atoms with Crippen LogP contribution in [0.5, 0.6) is 0 Å². The lowest BCUT2D eigenvalue weighted by molar-refractivity contribution is -0.0579. The van der Waals surface area contributed by atoms with E-state index >= 15 is 0 Å². The monoisotopic (exact) mass is 168 g/mol. The minimum Gasteiger partial charge on any atom is -0.373 e. The molecule has 0 N–H and O–H groups in total. The first-order valence-corrected chi connectivity index (χ1v) is 5.17. The summed E-state index contributed by atoms with van der Waals surface area (Å²) in [6, 6.07) is 0. The lowest BCUT2D eigenvalue weighted by Crippen LogP contribution is -2.25. The molecule has 0 amide bonds. The van der Waals surface area contributed by atoms with E-state index in [-0.39, 0.29) is 5.60 Å². The van der Waals surface area contributed by atoms with E-state index in [1.165, 1.54) is 32.1 Å². The fraction of sp³-hybridized carbons (Fsp3) is 1.00. The van der Waals surface area contributed by atoms with Crippen LogP contribution in [0.15, 0.2) is 0 Å². The highest BCUT2D eigenvalue weighted by Crippen LogP contribution is 2.58. The van der Waals surface area contributed by atoms with E-state index in [1.54, 1.807) is 0 Å². The zero-order valence-corrected chi connectivity index (χ0v) is 8.52. The standard InChI is InChI=1S/C11H20O/c1-10(2,3)12-9-4-5-11(8-9)6-7-11/h9H,4-8H2,1-3H3. The van der Waals surface area contributed by atoms with Gasteiger partial charge in [0.25, 0.3) is 0 Å². The Bertz CT molecular complexity index is 174. The number of hydrogen-bond acceptors (Lipinski definition) is 1. The van der Waals surface area contributed by atoms with E-state index < -0.39 is 0 Å². The molecule has 12 heavy (non-hydrogen) atoms. The van der Waals surface area contributed by atoms with Gasteiger partial charge in [-0.25, -0.2) is 0 Å². The maximum absolute atomic E-state index is 5.97. The summed E-state index contributed by atoms with van der Waals surface area (Å²) in [4.78, 5) is 0. The van der Waals surface area contributed by atoms with Crippen molar-refractivity contribution in [3.8, 4) is 0 Å². The van der Waals surface area contributed by atoms with Gasteiger partial charge in [0.1, 0.15) is 0 Å². The van der Waals surface area contributed by atoms with Crippen molar-refractivity contribution in [2.45, 2.75) is 64.6 Å². The summed E-state index contributed by atoms with van der Waals surface area (Å²) in [5.74, 6) is 0. The Morgan fingerprint density at radius 3 is 2.25 bits per heavy atom. The zero-order valence-electron chi connectivity index (χ0n) is 8.52. The van der Waals surface area contributed by atoms with Crippen molar-refractivity contribution in [2.75, 3.05) is 0 Å². The van der Waals surface area contributed by atoms with Gasteiger partial charge in [0.15, 0.2) is 0 Å². The van der Waals surface area contributed by atoms with Crippen LogP contribution in [-0.4, -0.2) is 11.7 Å². The number of ether oxygens (including phenoxy) is 1. The zero-order chi connectivity index (χ0) is 8.82. The first-order chi connectivity index (χ1) is 5.49. The lowest BCUT2D eigenvalue weighted by atomic mass is 10.1. The van der Waals surface area contributed by atoms with Crippen LogP contribution in [0.3, 0.4) is 0 Å². The highest BCUT2D eigenvalue weighted by Gasteiger charge is 2.48. The van der Waals surface area contributed by atoms with Gasteiger partial charge in [0.05, 0.1) is 11.7 Å². The predicted molar refractivity (Wildman–Crippen MR) is 50.1 cm³/mol. The normalized spacial score (nSPS) is 32.8. The molecule has 0 aliphatic heterocycles. The summed E-state index contributed by atoms with van der Waals surface area (Å²) in [7, 11) is 0. The molecule has 70 valence electrons. The Hall–Kier alpha value is -0.0400. The number of rotatable bonds is 1. The van der Waals surface area contributed by atoms with Crippen molar-refractivity contribution < 1.29 is 4.74 Å². The maximum Gasteiger partial charge on any atom is 0.0602 e. The molecule has 1 atom stereocenters. The van der Waals surface area contributed by atoms with Crippen LogP contribution in [-0.2, 0) is 4.74 Å². The van der Waals surface area contributed by atoms with Crippen molar-refractivity contribution in [1.82, 2.24) is 0 Å². The van der Waals surface area contributed by atoms with Gasteiger partial charge < -0.3 is 4.74 Å². The summed E-state index contributed by atoms with van der Waals surface area (Å²) in [6.07, 6.45) is 7.57. The van der Waals surface area contributed by atoms with Crippen LogP contribution in [0, 0.1) is 5.41 Å². The molecule has 2 saturated carbocycles. The third kappa shape index (κ3) is 1.82. The minimum atomic E-state index is 0.0606. The molecule has 0 saturated heterocycles. The van der Waals surface area contributed by atoms with Crippen LogP contribution >= 0.6 is 0 Å². The molecule has 2 fully saturated rings. The van der Waals surface area contributed by atoms with Gasteiger partial charge in [-0.15, -0.1) is 0 Å². The van der Waals surface area contributed by atoms with Crippen LogP contribution in [0.1, 0.15) is 52.9 Å². The Labute approximate surface area is 75.5 Å². The average molecular weight is 168 g/mol. The largest absolute Gasteiger partial charge is 0.373 e. The molecule has 2 aliphatic carbocycles. The van der Waals surface area contributed by atoms with Gasteiger partial charge in [-0.05, 0) is 58.3 Å². The molecule has 2 rings (SSSR count). The molecule has 2 aliphatic rings. The van der Waals surface area contributed by atoms with Gasteiger partial charge in [-0.3, -0.25) is 0 Å². The van der Waals surface area contributed by atoms with E-state index in [0.29, 0.717) is 6.10 Å². The quantitative estimate of drug-likeness (QED) is 0.584. The van der Waals surface area contributed by atoms with Crippen molar-refractivity contribution in [3.05, 3.63) is 0 Å². The van der Waals surface area contributed by atoms with E-state index in [9.17, 15) is 0 Å². The average Bonchev–Trinajstić information content (AvgIpc) is 2.49.